The summed E-state index contributed by atoms with van der Waals surface area (Å²) >= 11 is 0. The number of carbonyl (C=O) groups is 1. The number of rotatable bonds is 5. The van der Waals surface area contributed by atoms with E-state index in [1.807, 2.05) is 44.2 Å². The van der Waals surface area contributed by atoms with E-state index < -0.39 is 5.91 Å². The van der Waals surface area contributed by atoms with Crippen LogP contribution in [0, 0.1) is 6.92 Å². The van der Waals surface area contributed by atoms with Crippen molar-refractivity contribution in [1.29, 1.82) is 0 Å². The summed E-state index contributed by atoms with van der Waals surface area (Å²) in [5, 5.41) is 10.0. The van der Waals surface area contributed by atoms with Gasteiger partial charge in [-0.1, -0.05) is 19.1 Å². The Hall–Kier alpha value is -2.95. The van der Waals surface area contributed by atoms with Crippen LogP contribution in [-0.2, 0) is 0 Å². The first kappa shape index (κ1) is 16.9. The van der Waals surface area contributed by atoms with E-state index in [4.69, 9.17) is 10.5 Å². The Morgan fingerprint density at radius 3 is 2.76 bits per heavy atom. The van der Waals surface area contributed by atoms with Gasteiger partial charge in [-0.15, -0.1) is 5.10 Å². The van der Waals surface area contributed by atoms with Gasteiger partial charge in [0.05, 0.1) is 12.3 Å². The topological polar surface area (TPSA) is 78.1 Å². The first-order valence-electron chi connectivity index (χ1n) is 8.32. The molecule has 1 heterocycles. The Labute approximate surface area is 146 Å². The SMILES string of the molecule is CC[C@H](C)Oc1nncc2cc(-c3cc(C(N)=O)ccc3C)ccc12. The summed E-state index contributed by atoms with van der Waals surface area (Å²) in [6, 6.07) is 11.5. The monoisotopic (exact) mass is 335 g/mol. The molecule has 0 fully saturated rings. The van der Waals surface area contributed by atoms with Crippen molar-refractivity contribution in [2.45, 2.75) is 33.3 Å². The second kappa shape index (κ2) is 6.89. The molecule has 2 aromatic carbocycles. The van der Waals surface area contributed by atoms with E-state index in [9.17, 15) is 4.79 Å². The maximum atomic E-state index is 11.5. The van der Waals surface area contributed by atoms with Crippen LogP contribution in [0.2, 0.25) is 0 Å². The third kappa shape index (κ3) is 3.45. The molecule has 1 amide bonds. The highest BCUT2D eigenvalue weighted by Crippen LogP contribution is 2.30. The molecule has 0 radical (unpaired) electrons. The Balaban J connectivity index is 2.08. The van der Waals surface area contributed by atoms with Gasteiger partial charge < -0.3 is 10.5 Å². The van der Waals surface area contributed by atoms with Crippen LogP contribution in [-0.4, -0.2) is 22.2 Å². The van der Waals surface area contributed by atoms with Crippen LogP contribution in [0.15, 0.2) is 42.6 Å². The van der Waals surface area contributed by atoms with Crippen molar-refractivity contribution in [2.75, 3.05) is 0 Å². The van der Waals surface area contributed by atoms with Crippen LogP contribution < -0.4 is 10.5 Å². The lowest BCUT2D eigenvalue weighted by molar-refractivity contribution is 0.100. The highest BCUT2D eigenvalue weighted by molar-refractivity contribution is 5.95. The number of benzene rings is 2. The number of primary amides is 1. The highest BCUT2D eigenvalue weighted by Gasteiger charge is 2.11. The lowest BCUT2D eigenvalue weighted by Gasteiger charge is -2.14. The lowest BCUT2D eigenvalue weighted by Crippen LogP contribution is -2.11. The van der Waals surface area contributed by atoms with E-state index in [1.54, 1.807) is 12.3 Å². The molecule has 1 aromatic heterocycles. The molecule has 0 aliphatic carbocycles. The molecule has 128 valence electrons. The van der Waals surface area contributed by atoms with Crippen molar-refractivity contribution < 1.29 is 9.53 Å². The molecular weight excluding hydrogens is 314 g/mol. The number of fused-ring (bicyclic) bond motifs is 1. The van der Waals surface area contributed by atoms with Gasteiger partial charge in [-0.25, -0.2) is 0 Å². The summed E-state index contributed by atoms with van der Waals surface area (Å²) in [7, 11) is 0. The van der Waals surface area contributed by atoms with E-state index in [-0.39, 0.29) is 6.10 Å². The standard InChI is InChI=1S/C20H21N3O2/c1-4-13(3)25-20-17-8-7-14(9-16(17)11-22-23-20)18-10-15(19(21)24)6-5-12(18)2/h5-11,13H,4H2,1-3H3,(H2,21,24)/t13-/m0/s1. The number of ether oxygens (including phenoxy) is 1. The third-order valence-electron chi connectivity index (χ3n) is 4.35. The minimum absolute atomic E-state index is 0.0778. The normalized spacial score (nSPS) is 12.1. The van der Waals surface area contributed by atoms with E-state index in [0.717, 1.165) is 33.9 Å². The molecule has 0 spiro atoms. The van der Waals surface area contributed by atoms with E-state index in [2.05, 4.69) is 17.1 Å². The van der Waals surface area contributed by atoms with Crippen LogP contribution in [0.3, 0.4) is 0 Å². The second-order valence-corrected chi connectivity index (χ2v) is 6.18. The maximum Gasteiger partial charge on any atom is 0.248 e. The predicted molar refractivity (Wildman–Crippen MR) is 98.6 cm³/mol. The zero-order valence-corrected chi connectivity index (χ0v) is 14.6. The van der Waals surface area contributed by atoms with Crippen LogP contribution in [0.25, 0.3) is 21.9 Å². The first-order valence-corrected chi connectivity index (χ1v) is 8.32. The largest absolute Gasteiger partial charge is 0.473 e. The third-order valence-corrected chi connectivity index (χ3v) is 4.35. The minimum atomic E-state index is -0.433. The van der Waals surface area contributed by atoms with Gasteiger partial charge in [-0.2, -0.15) is 5.10 Å². The second-order valence-electron chi connectivity index (χ2n) is 6.18. The summed E-state index contributed by atoms with van der Waals surface area (Å²) in [6.07, 6.45) is 2.69. The van der Waals surface area contributed by atoms with E-state index in [1.165, 1.54) is 0 Å². The number of hydrogen-bond donors (Lipinski definition) is 1. The molecule has 0 aliphatic rings. The Bertz CT molecular complexity index is 937. The molecule has 0 bridgehead atoms. The number of carbonyl (C=O) groups excluding carboxylic acids is 1. The number of amides is 1. The molecule has 0 saturated heterocycles. The maximum absolute atomic E-state index is 11.5. The van der Waals surface area contributed by atoms with Gasteiger partial charge in [-0.05, 0) is 61.2 Å². The van der Waals surface area contributed by atoms with Crippen molar-refractivity contribution in [3.63, 3.8) is 0 Å². The quantitative estimate of drug-likeness (QED) is 0.767. The smallest absolute Gasteiger partial charge is 0.248 e. The summed E-state index contributed by atoms with van der Waals surface area (Å²) < 4.78 is 5.86. The molecule has 0 aliphatic heterocycles. The van der Waals surface area contributed by atoms with Crippen molar-refractivity contribution >= 4 is 16.7 Å². The summed E-state index contributed by atoms with van der Waals surface area (Å²) in [4.78, 5) is 11.5. The molecular formula is C20H21N3O2. The van der Waals surface area contributed by atoms with Crippen molar-refractivity contribution in [3.8, 4) is 17.0 Å². The van der Waals surface area contributed by atoms with Crippen LogP contribution in [0.4, 0.5) is 0 Å². The lowest BCUT2D eigenvalue weighted by atomic mass is 9.96. The zero-order chi connectivity index (χ0) is 18.0. The van der Waals surface area contributed by atoms with E-state index >= 15 is 0 Å². The van der Waals surface area contributed by atoms with Gasteiger partial charge in [0.2, 0.25) is 11.8 Å². The Morgan fingerprint density at radius 1 is 1.24 bits per heavy atom. The van der Waals surface area contributed by atoms with Crippen LogP contribution >= 0.6 is 0 Å². The molecule has 25 heavy (non-hydrogen) atoms. The molecule has 3 rings (SSSR count). The fourth-order valence-corrected chi connectivity index (χ4v) is 2.68. The van der Waals surface area contributed by atoms with Gasteiger partial charge in [0.1, 0.15) is 0 Å². The molecule has 0 unspecified atom stereocenters. The van der Waals surface area contributed by atoms with Crippen molar-refractivity contribution in [3.05, 3.63) is 53.7 Å². The molecule has 5 heteroatoms. The summed E-state index contributed by atoms with van der Waals surface area (Å²) in [5.41, 5.74) is 8.94. The van der Waals surface area contributed by atoms with Gasteiger partial charge >= 0.3 is 0 Å². The van der Waals surface area contributed by atoms with Gasteiger partial charge in [0.25, 0.3) is 0 Å². The number of nitrogens with zero attached hydrogens (tertiary/aromatic N) is 2. The Kier molecular flexibility index (Phi) is 4.65. The predicted octanol–water partition coefficient (Wildman–Crippen LogP) is 3.88. The number of hydrogen-bond acceptors (Lipinski definition) is 4. The van der Waals surface area contributed by atoms with Crippen LogP contribution in [0.1, 0.15) is 36.2 Å². The van der Waals surface area contributed by atoms with Crippen molar-refractivity contribution in [1.82, 2.24) is 10.2 Å². The van der Waals surface area contributed by atoms with Gasteiger partial charge in [0, 0.05) is 16.3 Å². The molecule has 5 nitrogen and oxygen atoms in total. The van der Waals surface area contributed by atoms with E-state index in [0.29, 0.717) is 11.4 Å². The van der Waals surface area contributed by atoms with Gasteiger partial charge in [-0.3, -0.25) is 4.79 Å². The summed E-state index contributed by atoms with van der Waals surface area (Å²) in [6.45, 7) is 6.08. The van der Waals surface area contributed by atoms with Crippen molar-refractivity contribution in [2.24, 2.45) is 5.73 Å². The minimum Gasteiger partial charge on any atom is -0.473 e. The number of aryl methyl sites for hydroxylation is 1. The number of aromatic nitrogens is 2. The number of nitrogens with two attached hydrogens (primary N) is 1. The van der Waals surface area contributed by atoms with Gasteiger partial charge in [0.15, 0.2) is 0 Å². The zero-order valence-electron chi connectivity index (χ0n) is 14.6. The average molecular weight is 335 g/mol. The molecule has 1 atom stereocenters. The first-order chi connectivity index (χ1) is 12.0. The fourth-order valence-electron chi connectivity index (χ4n) is 2.68. The fraction of sp³-hybridized carbons (Fsp3) is 0.250. The molecule has 3 aromatic rings. The van der Waals surface area contributed by atoms with Crippen LogP contribution in [0.5, 0.6) is 5.88 Å². The Morgan fingerprint density at radius 2 is 2.04 bits per heavy atom. The molecule has 2 N–H and O–H groups in total. The molecule has 0 saturated carbocycles. The summed E-state index contributed by atoms with van der Waals surface area (Å²) in [5.74, 6) is 0.109. The highest BCUT2D eigenvalue weighted by atomic mass is 16.5. The average Bonchev–Trinajstić information content (AvgIpc) is 2.61.